The van der Waals surface area contributed by atoms with Crippen LogP contribution >= 0.6 is 0 Å². The zero-order valence-corrected chi connectivity index (χ0v) is 15.4. The fraction of sp³-hybridized carbons (Fsp3) is 0.250. The highest BCUT2D eigenvalue weighted by atomic mass is 19.1. The van der Waals surface area contributed by atoms with Gasteiger partial charge in [-0.2, -0.15) is 0 Å². The number of anilines is 1. The number of ether oxygens (including phenoxy) is 1. The van der Waals surface area contributed by atoms with E-state index in [2.05, 4.69) is 5.32 Å². The van der Waals surface area contributed by atoms with Crippen LogP contribution in [0.1, 0.15) is 24.9 Å². The van der Waals surface area contributed by atoms with Crippen molar-refractivity contribution in [2.24, 2.45) is 0 Å². The molecule has 0 bridgehead atoms. The molecule has 0 spiro atoms. The molecular formula is C20H18F2N2O5. The van der Waals surface area contributed by atoms with Crippen molar-refractivity contribution in [1.29, 1.82) is 0 Å². The Kier molecular flexibility index (Phi) is 5.76. The smallest absolute Gasteiger partial charge is 0.331 e. The Bertz CT molecular complexity index is 966. The maximum absolute atomic E-state index is 13.9. The number of fused-ring (bicyclic) bond motifs is 1. The predicted molar refractivity (Wildman–Crippen MR) is 98.4 cm³/mol. The van der Waals surface area contributed by atoms with E-state index >= 15 is 0 Å². The summed E-state index contributed by atoms with van der Waals surface area (Å²) in [5, 5.41) is 11.5. The van der Waals surface area contributed by atoms with Gasteiger partial charge in [-0.15, -0.1) is 0 Å². The molecule has 3 rings (SSSR count). The van der Waals surface area contributed by atoms with E-state index in [4.69, 9.17) is 4.74 Å². The normalized spacial score (nSPS) is 16.6. The summed E-state index contributed by atoms with van der Waals surface area (Å²) in [7, 11) is 0. The average Bonchev–Trinajstić information content (AvgIpc) is 2.67. The van der Waals surface area contributed by atoms with Gasteiger partial charge in [-0.3, -0.25) is 9.59 Å². The SMILES string of the molecule is CC1Oc2ccccc2N(CCC(=O)NC(C(=O)O)c2ccc(F)cc2F)C1=O. The van der Waals surface area contributed by atoms with Crippen LogP contribution in [0.2, 0.25) is 0 Å². The van der Waals surface area contributed by atoms with Gasteiger partial charge in [-0.05, 0) is 25.1 Å². The maximum Gasteiger partial charge on any atom is 0.331 e. The molecule has 0 saturated carbocycles. The van der Waals surface area contributed by atoms with Crippen LogP contribution in [0.25, 0.3) is 0 Å². The summed E-state index contributed by atoms with van der Waals surface area (Å²) in [6, 6.07) is 7.57. The first-order valence-electron chi connectivity index (χ1n) is 8.82. The minimum absolute atomic E-state index is 0.0202. The van der Waals surface area contributed by atoms with Crippen molar-refractivity contribution in [3.8, 4) is 5.75 Å². The number of nitrogens with zero attached hydrogens (tertiary/aromatic N) is 1. The van der Waals surface area contributed by atoms with E-state index in [0.717, 1.165) is 12.1 Å². The van der Waals surface area contributed by atoms with Gasteiger partial charge in [0.1, 0.15) is 17.4 Å². The van der Waals surface area contributed by atoms with E-state index in [1.54, 1.807) is 31.2 Å². The number of carbonyl (C=O) groups excluding carboxylic acids is 2. The summed E-state index contributed by atoms with van der Waals surface area (Å²) < 4.78 is 32.5. The number of rotatable bonds is 6. The molecule has 29 heavy (non-hydrogen) atoms. The highest BCUT2D eigenvalue weighted by Gasteiger charge is 2.32. The summed E-state index contributed by atoms with van der Waals surface area (Å²) in [5.41, 5.74) is 0.136. The van der Waals surface area contributed by atoms with Crippen LogP contribution < -0.4 is 15.0 Å². The monoisotopic (exact) mass is 404 g/mol. The molecule has 0 radical (unpaired) electrons. The second kappa shape index (κ2) is 8.26. The van der Waals surface area contributed by atoms with Crippen molar-refractivity contribution in [2.75, 3.05) is 11.4 Å². The average molecular weight is 404 g/mol. The summed E-state index contributed by atoms with van der Waals surface area (Å²) in [4.78, 5) is 37.6. The first kappa shape index (κ1) is 20.2. The minimum Gasteiger partial charge on any atom is -0.479 e. The molecule has 2 N–H and O–H groups in total. The molecule has 9 heteroatoms. The summed E-state index contributed by atoms with van der Waals surface area (Å²) in [6.07, 6.45) is -0.951. The summed E-state index contributed by atoms with van der Waals surface area (Å²) in [5.74, 6) is -3.98. The Hall–Kier alpha value is -3.49. The van der Waals surface area contributed by atoms with Crippen molar-refractivity contribution < 1.29 is 33.0 Å². The molecule has 1 aliphatic rings. The largest absolute Gasteiger partial charge is 0.479 e. The fourth-order valence-corrected chi connectivity index (χ4v) is 3.04. The molecule has 0 saturated heterocycles. The van der Waals surface area contributed by atoms with Crippen LogP contribution in [0.15, 0.2) is 42.5 Å². The standard InChI is InChI=1S/C20H18F2N2O5/c1-11-19(26)24(15-4-2-3-5-16(15)29-11)9-8-17(25)23-18(20(27)28)13-7-6-12(21)10-14(13)22/h2-7,10-11,18H,8-9H2,1H3,(H,23,25)(H,27,28). The van der Waals surface area contributed by atoms with Gasteiger partial charge in [0.05, 0.1) is 5.69 Å². The number of amides is 2. The molecule has 2 atom stereocenters. The molecule has 0 aliphatic carbocycles. The van der Waals surface area contributed by atoms with Crippen molar-refractivity contribution in [2.45, 2.75) is 25.5 Å². The number of aliphatic carboxylic acids is 1. The number of carboxylic acids is 1. The Balaban J connectivity index is 1.71. The quantitative estimate of drug-likeness (QED) is 0.771. The van der Waals surface area contributed by atoms with Crippen molar-refractivity contribution in [3.63, 3.8) is 0 Å². The van der Waals surface area contributed by atoms with Gasteiger partial charge in [-0.1, -0.05) is 18.2 Å². The Morgan fingerprint density at radius 2 is 1.97 bits per heavy atom. The zero-order valence-electron chi connectivity index (χ0n) is 15.4. The van der Waals surface area contributed by atoms with Crippen LogP contribution in [0.3, 0.4) is 0 Å². The van der Waals surface area contributed by atoms with Crippen LogP contribution in [-0.2, 0) is 14.4 Å². The molecule has 0 aromatic heterocycles. The highest BCUT2D eigenvalue weighted by molar-refractivity contribution is 6.00. The third kappa shape index (κ3) is 4.34. The van der Waals surface area contributed by atoms with Crippen LogP contribution in [-0.4, -0.2) is 35.5 Å². The van der Waals surface area contributed by atoms with Crippen molar-refractivity contribution in [3.05, 3.63) is 59.7 Å². The maximum atomic E-state index is 13.9. The van der Waals surface area contributed by atoms with E-state index < -0.39 is 35.7 Å². The Morgan fingerprint density at radius 3 is 2.66 bits per heavy atom. The van der Waals surface area contributed by atoms with Crippen LogP contribution in [0.5, 0.6) is 5.75 Å². The Labute approximate surface area is 164 Å². The fourth-order valence-electron chi connectivity index (χ4n) is 3.04. The van der Waals surface area contributed by atoms with Gasteiger partial charge < -0.3 is 20.1 Å². The summed E-state index contributed by atoms with van der Waals surface area (Å²) >= 11 is 0. The number of nitrogens with one attached hydrogen (secondary N) is 1. The van der Waals surface area contributed by atoms with Gasteiger partial charge >= 0.3 is 5.97 Å². The number of carboxylic acid groups (broad SMARTS) is 1. The molecule has 2 amide bonds. The zero-order chi connectivity index (χ0) is 21.1. The third-order valence-electron chi connectivity index (χ3n) is 4.46. The topological polar surface area (TPSA) is 95.9 Å². The number of benzene rings is 2. The van der Waals surface area contributed by atoms with E-state index in [0.29, 0.717) is 17.5 Å². The molecule has 2 unspecified atom stereocenters. The van der Waals surface area contributed by atoms with E-state index in [9.17, 15) is 28.3 Å². The number of hydrogen-bond acceptors (Lipinski definition) is 4. The molecule has 2 aromatic carbocycles. The molecule has 1 heterocycles. The number of carbonyl (C=O) groups is 3. The molecule has 0 fully saturated rings. The summed E-state index contributed by atoms with van der Waals surface area (Å²) in [6.45, 7) is 1.57. The Morgan fingerprint density at radius 1 is 1.24 bits per heavy atom. The lowest BCUT2D eigenvalue weighted by atomic mass is 10.1. The van der Waals surface area contributed by atoms with Gasteiger partial charge in [0.25, 0.3) is 5.91 Å². The first-order chi connectivity index (χ1) is 13.8. The van der Waals surface area contributed by atoms with Crippen molar-refractivity contribution >= 4 is 23.5 Å². The van der Waals surface area contributed by atoms with Gasteiger partial charge in [0.2, 0.25) is 5.91 Å². The number of para-hydroxylation sites is 2. The third-order valence-corrected chi connectivity index (χ3v) is 4.46. The van der Waals surface area contributed by atoms with E-state index in [1.165, 1.54) is 4.90 Å². The van der Waals surface area contributed by atoms with Crippen LogP contribution in [0, 0.1) is 11.6 Å². The lowest BCUT2D eigenvalue weighted by Gasteiger charge is -2.32. The van der Waals surface area contributed by atoms with E-state index in [1.807, 2.05) is 0 Å². The molecular weight excluding hydrogens is 386 g/mol. The highest BCUT2D eigenvalue weighted by Crippen LogP contribution is 2.33. The second-order valence-electron chi connectivity index (χ2n) is 6.47. The molecule has 1 aliphatic heterocycles. The van der Waals surface area contributed by atoms with Crippen molar-refractivity contribution in [1.82, 2.24) is 5.32 Å². The van der Waals surface area contributed by atoms with Gasteiger partial charge in [-0.25, -0.2) is 13.6 Å². The number of hydrogen-bond donors (Lipinski definition) is 2. The van der Waals surface area contributed by atoms with Crippen LogP contribution in [0.4, 0.5) is 14.5 Å². The van der Waals surface area contributed by atoms with Gasteiger partial charge in [0.15, 0.2) is 12.1 Å². The lowest BCUT2D eigenvalue weighted by molar-refractivity contribution is -0.142. The molecule has 2 aromatic rings. The van der Waals surface area contributed by atoms with E-state index in [-0.39, 0.29) is 24.4 Å². The lowest BCUT2D eigenvalue weighted by Crippen LogP contribution is -2.46. The number of halogens is 2. The first-order valence-corrected chi connectivity index (χ1v) is 8.82. The molecule has 152 valence electrons. The molecule has 7 nitrogen and oxygen atoms in total. The minimum atomic E-state index is -1.69. The predicted octanol–water partition coefficient (Wildman–Crippen LogP) is 2.41. The van der Waals surface area contributed by atoms with Gasteiger partial charge in [0, 0.05) is 24.6 Å². The second-order valence-corrected chi connectivity index (χ2v) is 6.47.